The number of hydrogen-bond acceptors (Lipinski definition) is 2. The monoisotopic (exact) mass is 309 g/mol. The van der Waals surface area contributed by atoms with Crippen molar-refractivity contribution in [2.45, 2.75) is 11.8 Å². The van der Waals surface area contributed by atoms with Crippen molar-refractivity contribution in [3.63, 3.8) is 0 Å². The van der Waals surface area contributed by atoms with Gasteiger partial charge in [-0.3, -0.25) is 0 Å². The van der Waals surface area contributed by atoms with Crippen LogP contribution in [0, 0.1) is 5.82 Å². The third-order valence-corrected chi connectivity index (χ3v) is 3.71. The molecule has 0 radical (unpaired) electrons. The molecule has 1 heterocycles. The van der Waals surface area contributed by atoms with E-state index in [-0.39, 0.29) is 5.82 Å². The Morgan fingerprint density at radius 1 is 1.20 bits per heavy atom. The Morgan fingerprint density at radius 2 is 2.00 bits per heavy atom. The van der Waals surface area contributed by atoms with Crippen molar-refractivity contribution in [3.8, 4) is 0 Å². The number of aromatic nitrogens is 1. The summed E-state index contributed by atoms with van der Waals surface area (Å²) in [7, 11) is 0. The molecule has 3 aromatic rings. The summed E-state index contributed by atoms with van der Waals surface area (Å²) in [5.41, 5.74) is 2.17. The molecular formula is C15H10Cl2FNO. The highest BCUT2D eigenvalue weighted by Gasteiger charge is 2.16. The van der Waals surface area contributed by atoms with Crippen LogP contribution in [-0.2, 0) is 6.42 Å². The van der Waals surface area contributed by atoms with Crippen LogP contribution in [-0.4, -0.2) is 4.98 Å². The fraction of sp³-hybridized carbons (Fsp3) is 0.133. The first-order valence-corrected chi connectivity index (χ1v) is 6.88. The van der Waals surface area contributed by atoms with Crippen molar-refractivity contribution in [1.29, 1.82) is 0 Å². The Morgan fingerprint density at radius 3 is 2.75 bits per heavy atom. The Hall–Kier alpha value is -1.58. The molecule has 0 bridgehead atoms. The van der Waals surface area contributed by atoms with Crippen molar-refractivity contribution < 1.29 is 8.81 Å². The zero-order valence-electron chi connectivity index (χ0n) is 10.3. The number of nitrogens with zero attached hydrogens (tertiary/aromatic N) is 1. The fourth-order valence-electron chi connectivity index (χ4n) is 2.03. The molecule has 5 heteroatoms. The summed E-state index contributed by atoms with van der Waals surface area (Å²) < 4.78 is 18.6. The predicted octanol–water partition coefficient (Wildman–Crippen LogP) is 5.14. The molecule has 3 rings (SSSR count). The van der Waals surface area contributed by atoms with Gasteiger partial charge in [-0.1, -0.05) is 29.8 Å². The third kappa shape index (κ3) is 2.65. The Kier molecular flexibility index (Phi) is 3.64. The molecule has 2 aromatic carbocycles. The van der Waals surface area contributed by atoms with Crippen LogP contribution >= 0.6 is 23.2 Å². The van der Waals surface area contributed by atoms with Gasteiger partial charge < -0.3 is 4.42 Å². The molecule has 0 N–H and O–H groups in total. The Bertz CT molecular complexity index is 723. The molecule has 1 atom stereocenters. The number of hydrogen-bond donors (Lipinski definition) is 0. The van der Waals surface area contributed by atoms with Crippen LogP contribution in [0.25, 0.3) is 11.1 Å². The lowest BCUT2D eigenvalue weighted by Gasteiger charge is -2.09. The molecule has 0 aliphatic heterocycles. The summed E-state index contributed by atoms with van der Waals surface area (Å²) in [5, 5.41) is -0.114. The van der Waals surface area contributed by atoms with Crippen LogP contribution in [0.3, 0.4) is 0 Å². The smallest absolute Gasteiger partial charge is 0.197 e. The maximum Gasteiger partial charge on any atom is 0.197 e. The number of benzene rings is 2. The molecule has 102 valence electrons. The van der Waals surface area contributed by atoms with Gasteiger partial charge in [-0.2, -0.15) is 0 Å². The van der Waals surface area contributed by atoms with Crippen molar-refractivity contribution in [1.82, 2.24) is 4.98 Å². The summed E-state index contributed by atoms with van der Waals surface area (Å²) in [5.74, 6) is 0.149. The second kappa shape index (κ2) is 5.43. The quantitative estimate of drug-likeness (QED) is 0.626. The number of rotatable bonds is 3. The van der Waals surface area contributed by atoms with Gasteiger partial charge in [0.15, 0.2) is 11.5 Å². The van der Waals surface area contributed by atoms with Gasteiger partial charge in [0.25, 0.3) is 0 Å². The van der Waals surface area contributed by atoms with E-state index in [1.165, 1.54) is 12.1 Å². The minimum Gasteiger partial charge on any atom is -0.441 e. The van der Waals surface area contributed by atoms with Crippen LogP contribution in [0.1, 0.15) is 16.8 Å². The molecule has 0 saturated carbocycles. The lowest BCUT2D eigenvalue weighted by Crippen LogP contribution is -1.97. The average Bonchev–Trinajstić information content (AvgIpc) is 2.80. The maximum absolute atomic E-state index is 13.0. The molecule has 1 aromatic heterocycles. The van der Waals surface area contributed by atoms with Crippen LogP contribution in [0.4, 0.5) is 4.39 Å². The van der Waals surface area contributed by atoms with Crippen molar-refractivity contribution in [2.24, 2.45) is 0 Å². The minimum absolute atomic E-state index is 0.307. The van der Waals surface area contributed by atoms with E-state index in [1.807, 2.05) is 24.3 Å². The minimum atomic E-state index is -0.420. The standard InChI is InChI=1S/C15H10Cl2FNO/c16-11-7-9(18)5-6-10(11)12(17)8-15-19-13-3-1-2-4-14(13)20-15/h1-7,12H,8H2. The number of oxazole rings is 1. The number of fused-ring (bicyclic) bond motifs is 1. The van der Waals surface area contributed by atoms with Crippen molar-refractivity contribution in [3.05, 3.63) is 64.8 Å². The first kappa shape index (κ1) is 13.4. The second-order valence-corrected chi connectivity index (χ2v) is 5.35. The van der Waals surface area contributed by atoms with Crippen molar-refractivity contribution in [2.75, 3.05) is 0 Å². The largest absolute Gasteiger partial charge is 0.441 e. The second-order valence-electron chi connectivity index (χ2n) is 4.41. The van der Waals surface area contributed by atoms with E-state index in [0.717, 1.165) is 11.1 Å². The maximum atomic E-state index is 13.0. The number of halogens is 3. The fourth-order valence-corrected chi connectivity index (χ4v) is 2.70. The molecular weight excluding hydrogens is 300 g/mol. The average molecular weight is 310 g/mol. The van der Waals surface area contributed by atoms with Gasteiger partial charge in [-0.15, -0.1) is 11.6 Å². The van der Waals surface area contributed by atoms with Crippen molar-refractivity contribution >= 4 is 34.3 Å². The molecule has 0 aliphatic rings. The topological polar surface area (TPSA) is 26.0 Å². The van der Waals surface area contributed by atoms with E-state index >= 15 is 0 Å². The Labute approximate surface area is 125 Å². The SMILES string of the molecule is Fc1ccc(C(Cl)Cc2nc3ccccc3o2)c(Cl)c1. The number of alkyl halides is 1. The van der Waals surface area contributed by atoms with E-state index in [2.05, 4.69) is 4.98 Å². The zero-order chi connectivity index (χ0) is 14.1. The zero-order valence-corrected chi connectivity index (χ0v) is 11.8. The van der Waals surface area contributed by atoms with E-state index < -0.39 is 5.38 Å². The van der Waals surface area contributed by atoms with Crippen LogP contribution in [0.15, 0.2) is 46.9 Å². The van der Waals surface area contributed by atoms with Crippen LogP contribution in [0.5, 0.6) is 0 Å². The highest BCUT2D eigenvalue weighted by atomic mass is 35.5. The molecule has 0 spiro atoms. The highest BCUT2D eigenvalue weighted by molar-refractivity contribution is 6.32. The molecule has 0 aliphatic carbocycles. The van der Waals surface area contributed by atoms with Gasteiger partial charge >= 0.3 is 0 Å². The highest BCUT2D eigenvalue weighted by Crippen LogP contribution is 2.31. The van der Waals surface area contributed by atoms with Gasteiger partial charge in [0.05, 0.1) is 5.38 Å². The van der Waals surface area contributed by atoms with E-state index in [1.54, 1.807) is 6.07 Å². The molecule has 2 nitrogen and oxygen atoms in total. The molecule has 0 saturated heterocycles. The van der Waals surface area contributed by atoms with E-state index in [0.29, 0.717) is 22.9 Å². The van der Waals surface area contributed by atoms with Gasteiger partial charge in [0.1, 0.15) is 11.3 Å². The summed E-state index contributed by atoms with van der Waals surface area (Å²) >= 11 is 12.3. The summed E-state index contributed by atoms with van der Waals surface area (Å²) in [6, 6.07) is 11.7. The first-order valence-electron chi connectivity index (χ1n) is 6.07. The summed E-state index contributed by atoms with van der Waals surface area (Å²) in [6.07, 6.45) is 0.390. The molecule has 0 fully saturated rings. The molecule has 0 amide bonds. The predicted molar refractivity (Wildman–Crippen MR) is 77.7 cm³/mol. The van der Waals surface area contributed by atoms with Crippen LogP contribution < -0.4 is 0 Å². The number of para-hydroxylation sites is 2. The summed E-state index contributed by atoms with van der Waals surface area (Å²) in [4.78, 5) is 4.36. The van der Waals surface area contributed by atoms with E-state index in [4.69, 9.17) is 27.6 Å². The third-order valence-electron chi connectivity index (χ3n) is 2.99. The van der Waals surface area contributed by atoms with Gasteiger partial charge in [0.2, 0.25) is 0 Å². The molecule has 20 heavy (non-hydrogen) atoms. The lowest BCUT2D eigenvalue weighted by atomic mass is 10.1. The van der Waals surface area contributed by atoms with Gasteiger partial charge in [-0.25, -0.2) is 9.37 Å². The lowest BCUT2D eigenvalue weighted by molar-refractivity contribution is 0.525. The normalized spacial score (nSPS) is 12.8. The van der Waals surface area contributed by atoms with E-state index in [9.17, 15) is 4.39 Å². The van der Waals surface area contributed by atoms with Gasteiger partial charge in [0, 0.05) is 11.4 Å². The molecule has 1 unspecified atom stereocenters. The first-order chi connectivity index (χ1) is 9.63. The summed E-state index contributed by atoms with van der Waals surface area (Å²) in [6.45, 7) is 0. The van der Waals surface area contributed by atoms with Crippen LogP contribution in [0.2, 0.25) is 5.02 Å². The Balaban J connectivity index is 1.86. The van der Waals surface area contributed by atoms with Gasteiger partial charge in [-0.05, 0) is 29.8 Å².